The number of hydrogen-bond acceptors (Lipinski definition) is 3. The molecule has 0 aromatic heterocycles. The van der Waals surface area contributed by atoms with E-state index in [2.05, 4.69) is 10.0 Å². The molecule has 0 unspecified atom stereocenters. The lowest BCUT2D eigenvalue weighted by Gasteiger charge is -2.08. The van der Waals surface area contributed by atoms with Crippen molar-refractivity contribution in [3.63, 3.8) is 0 Å². The molecule has 0 saturated carbocycles. The second kappa shape index (κ2) is 8.28. The summed E-state index contributed by atoms with van der Waals surface area (Å²) in [5, 5.41) is 3.42. The molecule has 0 spiro atoms. The molecule has 1 amide bonds. The lowest BCUT2D eigenvalue weighted by molar-refractivity contribution is 0.0951. The van der Waals surface area contributed by atoms with Crippen molar-refractivity contribution >= 4 is 27.5 Å². The molecule has 0 heterocycles. The Bertz CT molecular complexity index is 788. The zero-order valence-corrected chi connectivity index (χ0v) is 14.8. The van der Waals surface area contributed by atoms with Gasteiger partial charge in [-0.2, -0.15) is 0 Å². The lowest BCUT2D eigenvalue weighted by Crippen LogP contribution is -2.25. The number of carbonyl (C=O) groups is 1. The highest BCUT2D eigenvalue weighted by atomic mass is 35.5. The fraction of sp³-hybridized carbons (Fsp3) is 0.235. The van der Waals surface area contributed by atoms with Crippen LogP contribution in [0.4, 0.5) is 0 Å². The topological polar surface area (TPSA) is 75.3 Å². The van der Waals surface area contributed by atoms with Crippen LogP contribution >= 0.6 is 11.6 Å². The van der Waals surface area contributed by atoms with Crippen LogP contribution in [-0.4, -0.2) is 20.9 Å². The van der Waals surface area contributed by atoms with Crippen LogP contribution in [0.2, 0.25) is 5.02 Å². The van der Waals surface area contributed by atoms with Gasteiger partial charge < -0.3 is 5.32 Å². The SMILES string of the molecule is CCCNS(=O)(=O)c1ccc(C(=O)NCc2ccc(Cl)cc2)cc1. The van der Waals surface area contributed by atoms with Crippen molar-refractivity contribution in [2.75, 3.05) is 6.54 Å². The van der Waals surface area contributed by atoms with Gasteiger partial charge in [-0.1, -0.05) is 30.7 Å². The van der Waals surface area contributed by atoms with Gasteiger partial charge in [-0.05, 0) is 48.4 Å². The maximum absolute atomic E-state index is 12.1. The molecule has 0 saturated heterocycles. The zero-order valence-electron chi connectivity index (χ0n) is 13.3. The minimum absolute atomic E-state index is 0.144. The summed E-state index contributed by atoms with van der Waals surface area (Å²) in [6.45, 7) is 2.64. The van der Waals surface area contributed by atoms with E-state index in [1.54, 1.807) is 12.1 Å². The van der Waals surface area contributed by atoms with Gasteiger partial charge in [0.05, 0.1) is 4.90 Å². The highest BCUT2D eigenvalue weighted by Crippen LogP contribution is 2.12. The smallest absolute Gasteiger partial charge is 0.251 e. The van der Waals surface area contributed by atoms with Crippen molar-refractivity contribution in [3.05, 3.63) is 64.7 Å². The lowest BCUT2D eigenvalue weighted by atomic mass is 10.2. The van der Waals surface area contributed by atoms with Gasteiger partial charge in [-0.25, -0.2) is 13.1 Å². The molecular weight excluding hydrogens is 348 g/mol. The summed E-state index contributed by atoms with van der Waals surface area (Å²) in [6.07, 6.45) is 0.713. The maximum atomic E-state index is 12.1. The Morgan fingerprint density at radius 2 is 1.67 bits per heavy atom. The zero-order chi connectivity index (χ0) is 17.6. The van der Waals surface area contributed by atoms with Crippen LogP contribution in [0.5, 0.6) is 0 Å². The highest BCUT2D eigenvalue weighted by molar-refractivity contribution is 7.89. The number of rotatable bonds is 7. The van der Waals surface area contributed by atoms with E-state index in [1.165, 1.54) is 24.3 Å². The Kier molecular flexibility index (Phi) is 6.36. The number of amides is 1. The minimum atomic E-state index is -3.52. The fourth-order valence-corrected chi connectivity index (χ4v) is 3.25. The predicted octanol–water partition coefficient (Wildman–Crippen LogP) is 2.96. The van der Waals surface area contributed by atoms with Gasteiger partial charge in [0.1, 0.15) is 0 Å². The molecular formula is C17H19ClN2O3S. The first-order valence-corrected chi connectivity index (χ1v) is 9.41. The summed E-state index contributed by atoms with van der Waals surface area (Å²) >= 11 is 5.81. The standard InChI is InChI=1S/C17H19ClN2O3S/c1-2-11-20-24(22,23)16-9-5-14(6-10-16)17(21)19-12-13-3-7-15(18)8-4-13/h3-10,20H,2,11-12H2,1H3,(H,19,21). The van der Waals surface area contributed by atoms with Crippen LogP contribution < -0.4 is 10.0 Å². The third-order valence-electron chi connectivity index (χ3n) is 3.34. The van der Waals surface area contributed by atoms with Crippen LogP contribution in [0.1, 0.15) is 29.3 Å². The van der Waals surface area contributed by atoms with Crippen molar-refractivity contribution in [3.8, 4) is 0 Å². The number of sulfonamides is 1. The molecule has 0 aliphatic heterocycles. The molecule has 24 heavy (non-hydrogen) atoms. The van der Waals surface area contributed by atoms with Crippen LogP contribution in [0.3, 0.4) is 0 Å². The molecule has 5 nitrogen and oxygen atoms in total. The van der Waals surface area contributed by atoms with Crippen molar-refractivity contribution in [2.45, 2.75) is 24.8 Å². The van der Waals surface area contributed by atoms with E-state index in [0.29, 0.717) is 30.1 Å². The summed E-state index contributed by atoms with van der Waals surface area (Å²) in [5.74, 6) is -0.268. The van der Waals surface area contributed by atoms with Gasteiger partial charge in [0, 0.05) is 23.7 Å². The Hall–Kier alpha value is -1.89. The summed E-state index contributed by atoms with van der Waals surface area (Å²) in [7, 11) is -3.52. The molecule has 0 aliphatic carbocycles. The molecule has 2 aromatic carbocycles. The summed E-state index contributed by atoms with van der Waals surface area (Å²) in [4.78, 5) is 12.3. The Balaban J connectivity index is 1.99. The van der Waals surface area contributed by atoms with Crippen molar-refractivity contribution < 1.29 is 13.2 Å². The quantitative estimate of drug-likeness (QED) is 0.791. The van der Waals surface area contributed by atoms with Gasteiger partial charge in [0.15, 0.2) is 0 Å². The molecule has 0 aliphatic rings. The Labute approximate surface area is 147 Å². The summed E-state index contributed by atoms with van der Waals surface area (Å²) in [6, 6.07) is 13.0. The first-order valence-electron chi connectivity index (χ1n) is 7.55. The second-order valence-corrected chi connectivity index (χ2v) is 7.43. The number of hydrogen-bond donors (Lipinski definition) is 2. The van der Waals surface area contributed by atoms with E-state index in [1.807, 2.05) is 19.1 Å². The Morgan fingerprint density at radius 1 is 1.04 bits per heavy atom. The summed E-state index contributed by atoms with van der Waals surface area (Å²) < 4.78 is 26.5. The first kappa shape index (κ1) is 18.4. The molecule has 128 valence electrons. The van der Waals surface area contributed by atoms with Gasteiger partial charge >= 0.3 is 0 Å². The number of benzene rings is 2. The molecule has 0 radical (unpaired) electrons. The van der Waals surface area contributed by atoms with E-state index < -0.39 is 10.0 Å². The molecule has 7 heteroatoms. The third-order valence-corrected chi connectivity index (χ3v) is 5.06. The van der Waals surface area contributed by atoms with Crippen molar-refractivity contribution in [1.82, 2.24) is 10.0 Å². The molecule has 2 aromatic rings. The van der Waals surface area contributed by atoms with Crippen LogP contribution in [0.25, 0.3) is 0 Å². The molecule has 0 atom stereocenters. The molecule has 0 fully saturated rings. The maximum Gasteiger partial charge on any atom is 0.251 e. The van der Waals surface area contributed by atoms with Gasteiger partial charge in [0.2, 0.25) is 10.0 Å². The average Bonchev–Trinajstić information content (AvgIpc) is 2.59. The molecule has 2 N–H and O–H groups in total. The minimum Gasteiger partial charge on any atom is -0.348 e. The molecule has 0 bridgehead atoms. The monoisotopic (exact) mass is 366 g/mol. The van der Waals surface area contributed by atoms with E-state index in [9.17, 15) is 13.2 Å². The summed E-state index contributed by atoms with van der Waals surface area (Å²) in [5.41, 5.74) is 1.33. The average molecular weight is 367 g/mol. The number of nitrogens with one attached hydrogen (secondary N) is 2. The van der Waals surface area contributed by atoms with Crippen LogP contribution in [0, 0.1) is 0 Å². The van der Waals surface area contributed by atoms with E-state index in [-0.39, 0.29) is 10.8 Å². The van der Waals surface area contributed by atoms with E-state index in [4.69, 9.17) is 11.6 Å². The largest absolute Gasteiger partial charge is 0.348 e. The Morgan fingerprint density at radius 3 is 2.25 bits per heavy atom. The van der Waals surface area contributed by atoms with E-state index >= 15 is 0 Å². The predicted molar refractivity (Wildman–Crippen MR) is 94.5 cm³/mol. The number of carbonyl (C=O) groups excluding carboxylic acids is 1. The second-order valence-electron chi connectivity index (χ2n) is 5.23. The van der Waals surface area contributed by atoms with E-state index in [0.717, 1.165) is 5.56 Å². The van der Waals surface area contributed by atoms with Crippen molar-refractivity contribution in [1.29, 1.82) is 0 Å². The fourth-order valence-electron chi connectivity index (χ4n) is 1.99. The third kappa shape index (κ3) is 5.06. The van der Waals surface area contributed by atoms with Gasteiger partial charge in [-0.3, -0.25) is 4.79 Å². The highest BCUT2D eigenvalue weighted by Gasteiger charge is 2.14. The first-order chi connectivity index (χ1) is 11.4. The van der Waals surface area contributed by atoms with Crippen molar-refractivity contribution in [2.24, 2.45) is 0 Å². The number of halogens is 1. The molecule has 2 rings (SSSR count). The van der Waals surface area contributed by atoms with Gasteiger partial charge in [-0.15, -0.1) is 0 Å². The van der Waals surface area contributed by atoms with Crippen LogP contribution in [0.15, 0.2) is 53.4 Å². The van der Waals surface area contributed by atoms with Crippen LogP contribution in [-0.2, 0) is 16.6 Å². The normalized spacial score (nSPS) is 11.2. The van der Waals surface area contributed by atoms with Gasteiger partial charge in [0.25, 0.3) is 5.91 Å².